The van der Waals surface area contributed by atoms with Gasteiger partial charge in [0.05, 0.1) is 5.60 Å². The molecule has 0 amide bonds. The summed E-state index contributed by atoms with van der Waals surface area (Å²) in [6.45, 7) is 2.26. The van der Waals surface area contributed by atoms with Crippen molar-refractivity contribution < 1.29 is 5.11 Å². The lowest BCUT2D eigenvalue weighted by Gasteiger charge is -2.23. The summed E-state index contributed by atoms with van der Waals surface area (Å²) in [5, 5.41) is 13.4. The summed E-state index contributed by atoms with van der Waals surface area (Å²) in [4.78, 5) is 0. The molecule has 1 unspecified atom stereocenters. The number of benzene rings is 1. The molecule has 0 spiro atoms. The Morgan fingerprint density at radius 1 is 1.19 bits per heavy atom. The molecule has 2 fully saturated rings. The highest BCUT2D eigenvalue weighted by molar-refractivity contribution is 5.32. The highest BCUT2D eigenvalue weighted by Crippen LogP contribution is 2.45. The van der Waals surface area contributed by atoms with Crippen LogP contribution in [-0.4, -0.2) is 18.2 Å². The van der Waals surface area contributed by atoms with Crippen LogP contribution in [0.2, 0.25) is 0 Å². The van der Waals surface area contributed by atoms with E-state index in [1.54, 1.807) is 0 Å². The molecule has 1 atom stereocenters. The van der Waals surface area contributed by atoms with E-state index in [2.05, 4.69) is 29.6 Å². The highest BCUT2D eigenvalue weighted by atomic mass is 16.3. The molecular formula is C14H19NO. The summed E-state index contributed by atoms with van der Waals surface area (Å²) in [6.07, 6.45) is 4.42. The molecule has 2 aliphatic rings. The van der Waals surface area contributed by atoms with Crippen molar-refractivity contribution >= 4 is 0 Å². The normalized spacial score (nSPS) is 27.7. The van der Waals surface area contributed by atoms with Crippen LogP contribution < -0.4 is 5.32 Å². The first-order valence-electron chi connectivity index (χ1n) is 6.31. The van der Waals surface area contributed by atoms with Crippen LogP contribution in [0, 0.1) is 0 Å². The fraction of sp³-hybridized carbons (Fsp3) is 0.571. The summed E-state index contributed by atoms with van der Waals surface area (Å²) in [6, 6.07) is 8.61. The average Bonchev–Trinajstić information content (AvgIpc) is 3.10. The van der Waals surface area contributed by atoms with Gasteiger partial charge in [-0.3, -0.25) is 0 Å². The maximum Gasteiger partial charge on any atom is 0.0899 e. The van der Waals surface area contributed by atoms with Gasteiger partial charge >= 0.3 is 0 Å². The third-order valence-electron chi connectivity index (χ3n) is 3.94. The number of hydrogen-bond donors (Lipinski definition) is 2. The second-order valence-electron chi connectivity index (χ2n) is 5.20. The standard InChI is InChI=1S/C14H19NO/c16-14(7-8-14)13-5-3-11(4-6-13)12-2-1-9-15-10-12/h3-6,12,15-16H,1-2,7-10H2. The molecule has 2 heteroatoms. The number of nitrogens with one attached hydrogen (secondary N) is 1. The van der Waals surface area contributed by atoms with E-state index in [4.69, 9.17) is 0 Å². The molecule has 3 rings (SSSR count). The minimum Gasteiger partial charge on any atom is -0.385 e. The van der Waals surface area contributed by atoms with E-state index in [1.165, 1.54) is 18.4 Å². The van der Waals surface area contributed by atoms with E-state index in [-0.39, 0.29) is 0 Å². The number of hydrogen-bond acceptors (Lipinski definition) is 2. The van der Waals surface area contributed by atoms with Crippen LogP contribution in [0.4, 0.5) is 0 Å². The summed E-state index contributed by atoms with van der Waals surface area (Å²) in [5.41, 5.74) is 2.03. The summed E-state index contributed by atoms with van der Waals surface area (Å²) < 4.78 is 0. The van der Waals surface area contributed by atoms with Crippen LogP contribution in [0.25, 0.3) is 0 Å². The molecule has 86 valence electrons. The molecule has 2 nitrogen and oxygen atoms in total. The molecule has 1 aromatic carbocycles. The van der Waals surface area contributed by atoms with Gasteiger partial charge in [0.15, 0.2) is 0 Å². The van der Waals surface area contributed by atoms with E-state index in [0.717, 1.165) is 31.5 Å². The SMILES string of the molecule is OC1(c2ccc(C3CCCNC3)cc2)CC1. The fourth-order valence-corrected chi connectivity index (χ4v) is 2.61. The first kappa shape index (κ1) is 10.3. The quantitative estimate of drug-likeness (QED) is 0.795. The predicted octanol–water partition coefficient (Wildman–Crippen LogP) is 2.13. The summed E-state index contributed by atoms with van der Waals surface area (Å²) >= 11 is 0. The lowest BCUT2D eigenvalue weighted by atomic mass is 9.90. The van der Waals surface area contributed by atoms with Crippen LogP contribution >= 0.6 is 0 Å². The Labute approximate surface area is 96.7 Å². The monoisotopic (exact) mass is 217 g/mol. The van der Waals surface area contributed by atoms with Crippen molar-refractivity contribution in [1.29, 1.82) is 0 Å². The molecule has 1 aromatic rings. The Bertz CT molecular complexity index is 361. The lowest BCUT2D eigenvalue weighted by Crippen LogP contribution is -2.28. The summed E-state index contributed by atoms with van der Waals surface area (Å²) in [5.74, 6) is 0.664. The van der Waals surface area contributed by atoms with E-state index in [0.29, 0.717) is 5.92 Å². The topological polar surface area (TPSA) is 32.3 Å². The Morgan fingerprint density at radius 2 is 1.94 bits per heavy atom. The molecule has 1 aliphatic carbocycles. The third kappa shape index (κ3) is 1.87. The molecule has 16 heavy (non-hydrogen) atoms. The first-order chi connectivity index (χ1) is 7.78. The van der Waals surface area contributed by atoms with E-state index >= 15 is 0 Å². The zero-order valence-corrected chi connectivity index (χ0v) is 9.58. The molecular weight excluding hydrogens is 198 g/mol. The van der Waals surface area contributed by atoms with Gasteiger partial charge < -0.3 is 10.4 Å². The van der Waals surface area contributed by atoms with Crippen LogP contribution in [0.5, 0.6) is 0 Å². The second-order valence-corrected chi connectivity index (χ2v) is 5.20. The minimum atomic E-state index is -0.483. The van der Waals surface area contributed by atoms with Crippen molar-refractivity contribution in [3.63, 3.8) is 0 Å². The van der Waals surface area contributed by atoms with Gasteiger partial charge in [-0.1, -0.05) is 24.3 Å². The van der Waals surface area contributed by atoms with Gasteiger partial charge in [-0.15, -0.1) is 0 Å². The third-order valence-corrected chi connectivity index (χ3v) is 3.94. The van der Waals surface area contributed by atoms with Crippen molar-refractivity contribution in [3.05, 3.63) is 35.4 Å². The fourth-order valence-electron chi connectivity index (χ4n) is 2.61. The van der Waals surface area contributed by atoms with Crippen LogP contribution in [0.3, 0.4) is 0 Å². The van der Waals surface area contributed by atoms with Crippen LogP contribution in [0.1, 0.15) is 42.7 Å². The highest BCUT2D eigenvalue weighted by Gasteiger charge is 2.41. The maximum atomic E-state index is 9.99. The number of rotatable bonds is 2. The molecule has 1 saturated heterocycles. The van der Waals surface area contributed by atoms with Gasteiger partial charge in [-0.2, -0.15) is 0 Å². The van der Waals surface area contributed by atoms with Crippen molar-refractivity contribution in [1.82, 2.24) is 5.32 Å². The molecule has 1 heterocycles. The smallest absolute Gasteiger partial charge is 0.0899 e. The van der Waals surface area contributed by atoms with Crippen LogP contribution in [-0.2, 0) is 5.60 Å². The molecule has 0 aromatic heterocycles. The Balaban J connectivity index is 1.76. The predicted molar refractivity (Wildman–Crippen MR) is 64.4 cm³/mol. The maximum absolute atomic E-state index is 9.99. The van der Waals surface area contributed by atoms with Crippen molar-refractivity contribution in [2.75, 3.05) is 13.1 Å². The Hall–Kier alpha value is -0.860. The van der Waals surface area contributed by atoms with Gasteiger partial charge in [-0.25, -0.2) is 0 Å². The zero-order valence-electron chi connectivity index (χ0n) is 9.58. The van der Waals surface area contributed by atoms with E-state index < -0.39 is 5.60 Å². The van der Waals surface area contributed by atoms with Gasteiger partial charge in [0.1, 0.15) is 0 Å². The molecule has 2 N–H and O–H groups in total. The summed E-state index contributed by atoms with van der Waals surface area (Å²) in [7, 11) is 0. The molecule has 1 aliphatic heterocycles. The van der Waals surface area contributed by atoms with Crippen molar-refractivity contribution in [3.8, 4) is 0 Å². The van der Waals surface area contributed by atoms with Gasteiger partial charge in [0, 0.05) is 6.54 Å². The van der Waals surface area contributed by atoms with Crippen molar-refractivity contribution in [2.45, 2.75) is 37.2 Å². The van der Waals surface area contributed by atoms with E-state index in [1.807, 2.05) is 0 Å². The van der Waals surface area contributed by atoms with Gasteiger partial charge in [0.2, 0.25) is 0 Å². The van der Waals surface area contributed by atoms with Crippen molar-refractivity contribution in [2.24, 2.45) is 0 Å². The Kier molecular flexibility index (Phi) is 2.49. The van der Waals surface area contributed by atoms with Gasteiger partial charge in [-0.05, 0) is 49.3 Å². The lowest BCUT2D eigenvalue weighted by molar-refractivity contribution is 0.151. The first-order valence-corrected chi connectivity index (χ1v) is 6.31. The molecule has 0 bridgehead atoms. The number of aliphatic hydroxyl groups is 1. The molecule has 1 saturated carbocycles. The largest absolute Gasteiger partial charge is 0.385 e. The Morgan fingerprint density at radius 3 is 2.50 bits per heavy atom. The van der Waals surface area contributed by atoms with Crippen LogP contribution in [0.15, 0.2) is 24.3 Å². The second kappa shape index (κ2) is 3.86. The molecule has 0 radical (unpaired) electrons. The average molecular weight is 217 g/mol. The van der Waals surface area contributed by atoms with E-state index in [9.17, 15) is 5.11 Å². The zero-order chi connectivity index (χ0) is 11.0. The minimum absolute atomic E-state index is 0.483. The number of piperidine rings is 1. The van der Waals surface area contributed by atoms with Gasteiger partial charge in [0.25, 0.3) is 0 Å².